The quantitative estimate of drug-likeness (QED) is 0.125. The van der Waals surface area contributed by atoms with Crippen LogP contribution in [-0.4, -0.2) is 146 Å². The highest BCUT2D eigenvalue weighted by Crippen LogP contribution is 2.49. The maximum absolute atomic E-state index is 10.00. The van der Waals surface area contributed by atoms with Crippen LogP contribution in [0.2, 0.25) is 0 Å². The molecular formula is C36H50N10O12. The number of aliphatic hydroxyl groups is 4. The van der Waals surface area contributed by atoms with Crippen molar-refractivity contribution in [3.05, 3.63) is 12.7 Å². The molecule has 6 fully saturated rings. The third kappa shape index (κ3) is 6.68. The molecule has 0 amide bonds. The molecule has 8 N–H and O–H groups in total. The van der Waals surface area contributed by atoms with Crippen molar-refractivity contribution in [3.8, 4) is 12.0 Å². The summed E-state index contributed by atoms with van der Waals surface area (Å²) in [5.74, 6) is -0.472. The maximum Gasteiger partial charge on any atom is 0.320 e. The molecule has 6 aliphatic rings. The molecule has 2 saturated carbocycles. The molecule has 2 aliphatic carbocycles. The molecule has 4 aromatic rings. The Kier molecular flexibility index (Phi) is 10.3. The van der Waals surface area contributed by atoms with Gasteiger partial charge in [0.05, 0.1) is 39.1 Å². The number of rotatable bonds is 10. The van der Waals surface area contributed by atoms with Crippen molar-refractivity contribution >= 4 is 34.0 Å². The summed E-state index contributed by atoms with van der Waals surface area (Å²) in [4.78, 5) is 26.2. The number of nitrogen functional groups attached to an aromatic ring is 2. The first-order valence-electron chi connectivity index (χ1n) is 19.7. The van der Waals surface area contributed by atoms with E-state index in [1.807, 2.05) is 0 Å². The molecule has 58 heavy (non-hydrogen) atoms. The molecular weight excluding hydrogens is 764 g/mol. The van der Waals surface area contributed by atoms with Gasteiger partial charge in [-0.1, -0.05) is 0 Å². The van der Waals surface area contributed by atoms with Crippen molar-refractivity contribution in [2.75, 3.05) is 44.7 Å². The first-order valence-corrected chi connectivity index (χ1v) is 19.7. The molecule has 0 radical (unpaired) electrons. The van der Waals surface area contributed by atoms with Gasteiger partial charge < -0.3 is 69.8 Å². The third-order valence-electron chi connectivity index (χ3n) is 11.9. The predicted molar refractivity (Wildman–Crippen MR) is 198 cm³/mol. The Balaban J connectivity index is 0.000000151. The highest BCUT2D eigenvalue weighted by atomic mass is 16.8. The molecule has 8 heterocycles. The van der Waals surface area contributed by atoms with Gasteiger partial charge in [0.25, 0.3) is 0 Å². The number of hydrogen-bond acceptors (Lipinski definition) is 20. The Morgan fingerprint density at radius 1 is 0.638 bits per heavy atom. The first kappa shape index (κ1) is 39.4. The molecule has 10 rings (SSSR count). The minimum absolute atomic E-state index is 0.0523. The van der Waals surface area contributed by atoms with Crippen LogP contribution in [0.5, 0.6) is 12.0 Å². The smallest absolute Gasteiger partial charge is 0.320 e. The Labute approximate surface area is 331 Å². The average molecular weight is 815 g/mol. The van der Waals surface area contributed by atoms with Gasteiger partial charge in [0.2, 0.25) is 0 Å². The normalized spacial score (nSPS) is 29.9. The Hall–Kier alpha value is -4.10. The van der Waals surface area contributed by atoms with Crippen LogP contribution in [0.25, 0.3) is 22.3 Å². The van der Waals surface area contributed by atoms with E-state index in [9.17, 15) is 20.4 Å². The molecule has 4 aliphatic heterocycles. The zero-order valence-electron chi connectivity index (χ0n) is 32.3. The van der Waals surface area contributed by atoms with E-state index in [-0.39, 0.29) is 42.7 Å². The second-order valence-electron chi connectivity index (χ2n) is 16.1. The summed E-state index contributed by atoms with van der Waals surface area (Å²) in [6, 6.07) is 0.398. The van der Waals surface area contributed by atoms with Crippen LogP contribution in [0.1, 0.15) is 77.7 Å². The number of aromatic nitrogens is 8. The number of fused-ring (bicyclic) bond motifs is 4. The van der Waals surface area contributed by atoms with Crippen LogP contribution in [0.15, 0.2) is 12.7 Å². The largest absolute Gasteiger partial charge is 0.460 e. The number of hydrogen-bond donors (Lipinski definition) is 6. The van der Waals surface area contributed by atoms with Crippen LogP contribution < -0.4 is 20.9 Å². The van der Waals surface area contributed by atoms with Crippen LogP contribution in [0, 0.1) is 0 Å². The van der Waals surface area contributed by atoms with Crippen LogP contribution in [-0.2, 0) is 28.4 Å². The molecule has 4 aromatic heterocycles. The van der Waals surface area contributed by atoms with Gasteiger partial charge in [-0.25, -0.2) is 9.97 Å². The van der Waals surface area contributed by atoms with Crippen molar-refractivity contribution in [2.45, 2.75) is 131 Å². The van der Waals surface area contributed by atoms with Crippen molar-refractivity contribution < 1.29 is 58.3 Å². The number of anilines is 2. The van der Waals surface area contributed by atoms with E-state index >= 15 is 0 Å². The minimum Gasteiger partial charge on any atom is -0.460 e. The lowest BCUT2D eigenvalue weighted by molar-refractivity contribution is -0.233. The number of ether oxygens (including phenoxy) is 8. The van der Waals surface area contributed by atoms with E-state index in [0.717, 1.165) is 51.4 Å². The van der Waals surface area contributed by atoms with Crippen molar-refractivity contribution in [3.63, 3.8) is 0 Å². The van der Waals surface area contributed by atoms with Gasteiger partial charge in [-0.05, 0) is 65.2 Å². The summed E-state index contributed by atoms with van der Waals surface area (Å²) in [6.45, 7) is 1.93. The average Bonchev–Trinajstić information content (AvgIpc) is 4.05. The van der Waals surface area contributed by atoms with E-state index in [4.69, 9.17) is 49.4 Å². The summed E-state index contributed by atoms with van der Waals surface area (Å²) < 4.78 is 50.5. The van der Waals surface area contributed by atoms with E-state index in [1.54, 1.807) is 23.0 Å². The van der Waals surface area contributed by atoms with Gasteiger partial charge in [-0.15, -0.1) is 0 Å². The third-order valence-corrected chi connectivity index (χ3v) is 11.9. The van der Waals surface area contributed by atoms with E-state index < -0.39 is 80.3 Å². The van der Waals surface area contributed by atoms with Gasteiger partial charge in [0.15, 0.2) is 52.2 Å². The molecule has 0 spiro atoms. The molecule has 0 unspecified atom stereocenters. The van der Waals surface area contributed by atoms with Crippen molar-refractivity contribution in [1.82, 2.24) is 39.0 Å². The summed E-state index contributed by atoms with van der Waals surface area (Å²) >= 11 is 0. The molecule has 6 atom stereocenters. The summed E-state index contributed by atoms with van der Waals surface area (Å²) in [5.41, 5.74) is 11.3. The molecule has 22 nitrogen and oxygen atoms in total. The van der Waals surface area contributed by atoms with Gasteiger partial charge in [0.1, 0.15) is 54.6 Å². The lowest BCUT2D eigenvalue weighted by atomic mass is 9.97. The van der Waals surface area contributed by atoms with Crippen molar-refractivity contribution in [1.29, 1.82) is 0 Å². The fourth-order valence-corrected chi connectivity index (χ4v) is 8.87. The SMILES string of the molecule is CC1(C)O[C@H]2[C@H](n3cnc4c(N)nc(OC5CCCC5)nc43)OC(CO)(CO)[C@H]2O1.Nc1nc(OC2CCCC2)nc2c1ncn2[C@@H]1OC(CO)(CO)[C@H]2OCO[C@@H]12. The standard InChI is InChI=1S/C19H27N5O6.C17H23N5O6/c1-18(2)28-12-13(29-18)19(7-25,8-26)30-16(12)24-9-21-11-14(20)22-17(23-15(11)24)27-10-5-3-4-6-10;18-13-10-14(21-16(20-13)27-9-3-1-2-4-9)22(7-19-10)15-11-12(26-8-25-11)17(5-23,6-24)28-15/h9-10,12-13,16,25-26H,3-8H2,1-2H3,(H2,20,22,23);7,9,11-12,15,23-24H,1-6,8H2,(H2,18,20,21)/t12-,13+,16-;11-,12+,15-/m11/s1. The molecule has 22 heteroatoms. The highest BCUT2D eigenvalue weighted by Gasteiger charge is 2.64. The molecule has 0 aromatic carbocycles. The monoisotopic (exact) mass is 814 g/mol. The van der Waals surface area contributed by atoms with Gasteiger partial charge in [-0.2, -0.15) is 19.9 Å². The van der Waals surface area contributed by atoms with E-state index in [1.165, 1.54) is 12.7 Å². The molecule has 316 valence electrons. The van der Waals surface area contributed by atoms with Crippen LogP contribution in [0.3, 0.4) is 0 Å². The van der Waals surface area contributed by atoms with Crippen molar-refractivity contribution in [2.24, 2.45) is 0 Å². The van der Waals surface area contributed by atoms with Crippen LogP contribution in [0.4, 0.5) is 11.6 Å². The summed E-state index contributed by atoms with van der Waals surface area (Å²) in [5, 5.41) is 39.7. The number of imidazole rings is 2. The van der Waals surface area contributed by atoms with Crippen LogP contribution >= 0.6 is 0 Å². The van der Waals surface area contributed by atoms with Gasteiger partial charge in [-0.3, -0.25) is 9.13 Å². The maximum atomic E-state index is 10.00. The van der Waals surface area contributed by atoms with E-state index in [0.29, 0.717) is 22.3 Å². The first-order chi connectivity index (χ1) is 28.0. The summed E-state index contributed by atoms with van der Waals surface area (Å²) in [6.07, 6.45) is 7.74. The molecule has 0 bridgehead atoms. The second kappa shape index (κ2) is 15.2. The number of nitrogens with zero attached hydrogens (tertiary/aromatic N) is 8. The lowest BCUT2D eigenvalue weighted by Gasteiger charge is -2.31. The Morgan fingerprint density at radius 3 is 1.59 bits per heavy atom. The van der Waals surface area contributed by atoms with Gasteiger partial charge in [0, 0.05) is 0 Å². The Bertz CT molecular complexity index is 2100. The van der Waals surface area contributed by atoms with E-state index in [2.05, 4.69) is 29.9 Å². The predicted octanol–water partition coefficient (Wildman–Crippen LogP) is 0.226. The molecule has 4 saturated heterocycles. The number of aliphatic hydroxyl groups excluding tert-OH is 4. The zero-order valence-corrected chi connectivity index (χ0v) is 32.3. The summed E-state index contributed by atoms with van der Waals surface area (Å²) in [7, 11) is 0. The zero-order chi connectivity index (χ0) is 40.4. The lowest BCUT2D eigenvalue weighted by Crippen LogP contribution is -2.49. The van der Waals surface area contributed by atoms with Gasteiger partial charge >= 0.3 is 12.0 Å². The topological polar surface area (TPSA) is 294 Å². The Morgan fingerprint density at radius 2 is 1.10 bits per heavy atom. The fourth-order valence-electron chi connectivity index (χ4n) is 8.87. The number of nitrogens with two attached hydrogens (primary N) is 2. The minimum atomic E-state index is -1.32. The second-order valence-corrected chi connectivity index (χ2v) is 16.1. The fraction of sp³-hybridized carbons (Fsp3) is 0.722. The highest BCUT2D eigenvalue weighted by molar-refractivity contribution is 5.82.